The van der Waals surface area contributed by atoms with E-state index >= 15 is 0 Å². The van der Waals surface area contributed by atoms with Gasteiger partial charge in [-0.15, -0.1) is 0 Å². The van der Waals surface area contributed by atoms with Gasteiger partial charge in [0.05, 0.1) is 10.6 Å². The highest BCUT2D eigenvalue weighted by atomic mass is 35.5. The van der Waals surface area contributed by atoms with Gasteiger partial charge in [0.1, 0.15) is 0 Å². The molecule has 1 rings (SSSR count). The Morgan fingerprint density at radius 2 is 2.33 bits per heavy atom. The van der Waals surface area contributed by atoms with Crippen molar-refractivity contribution in [1.29, 1.82) is 0 Å². The number of hydrogen-bond acceptors (Lipinski definition) is 3. The molecule has 5 heteroatoms. The molecule has 0 radical (unpaired) electrons. The van der Waals surface area contributed by atoms with Crippen LogP contribution in [-0.4, -0.2) is 29.6 Å². The van der Waals surface area contributed by atoms with E-state index in [2.05, 4.69) is 5.32 Å². The highest BCUT2D eigenvalue weighted by molar-refractivity contribution is 7.98. The topological polar surface area (TPSA) is 49.3 Å². The molecule has 3 nitrogen and oxygen atoms in total. The molecule has 0 aliphatic rings. The van der Waals surface area contributed by atoms with Crippen molar-refractivity contribution in [2.24, 2.45) is 0 Å². The lowest BCUT2D eigenvalue weighted by molar-refractivity contribution is 0.0697. The van der Waals surface area contributed by atoms with Gasteiger partial charge in [-0.05, 0) is 24.5 Å². The molecule has 15 heavy (non-hydrogen) atoms. The number of thioether (sulfide) groups is 1. The van der Waals surface area contributed by atoms with E-state index in [0.717, 1.165) is 18.0 Å². The standard InChI is InChI=1S/C10H12ClNO2S/c1-15-5-4-12-7-2-3-8(10(13)14)9(11)6-7/h2-3,6,12H,4-5H2,1H3,(H,13,14). The first-order valence-corrected chi connectivity index (χ1v) is 6.18. The minimum Gasteiger partial charge on any atom is -0.478 e. The molecule has 0 saturated heterocycles. The quantitative estimate of drug-likeness (QED) is 0.784. The Balaban J connectivity index is 2.69. The molecule has 0 spiro atoms. The van der Waals surface area contributed by atoms with Crippen LogP contribution in [0, 0.1) is 0 Å². The van der Waals surface area contributed by atoms with Gasteiger partial charge >= 0.3 is 5.97 Å². The van der Waals surface area contributed by atoms with E-state index < -0.39 is 5.97 Å². The Bertz CT molecular complexity index is 357. The minimum absolute atomic E-state index is 0.132. The van der Waals surface area contributed by atoms with Gasteiger partial charge in [-0.25, -0.2) is 4.79 Å². The van der Waals surface area contributed by atoms with Gasteiger partial charge in [-0.1, -0.05) is 11.6 Å². The number of carboxylic acids is 1. The van der Waals surface area contributed by atoms with Crippen LogP contribution in [0.3, 0.4) is 0 Å². The summed E-state index contributed by atoms with van der Waals surface area (Å²) in [6.45, 7) is 0.837. The van der Waals surface area contributed by atoms with Crippen LogP contribution >= 0.6 is 23.4 Å². The van der Waals surface area contributed by atoms with Crippen LogP contribution < -0.4 is 5.32 Å². The summed E-state index contributed by atoms with van der Waals surface area (Å²) in [7, 11) is 0. The second-order valence-electron chi connectivity index (χ2n) is 2.92. The predicted octanol–water partition coefficient (Wildman–Crippen LogP) is 2.81. The van der Waals surface area contributed by atoms with Crippen molar-refractivity contribution in [2.75, 3.05) is 23.9 Å². The van der Waals surface area contributed by atoms with Gasteiger partial charge in [-0.3, -0.25) is 0 Å². The van der Waals surface area contributed by atoms with Crippen molar-refractivity contribution >= 4 is 35.0 Å². The predicted molar refractivity (Wildman–Crippen MR) is 65.3 cm³/mol. The number of carboxylic acid groups (broad SMARTS) is 1. The Morgan fingerprint density at radius 1 is 1.60 bits per heavy atom. The molecular weight excluding hydrogens is 234 g/mol. The van der Waals surface area contributed by atoms with Gasteiger partial charge in [0.25, 0.3) is 0 Å². The molecule has 0 fully saturated rings. The summed E-state index contributed by atoms with van der Waals surface area (Å²) in [5.74, 6) is -0.00570. The third-order valence-electron chi connectivity index (χ3n) is 1.83. The van der Waals surface area contributed by atoms with Crippen molar-refractivity contribution in [2.45, 2.75) is 0 Å². The summed E-state index contributed by atoms with van der Waals surface area (Å²) in [5, 5.41) is 12.2. The first kappa shape index (κ1) is 12.2. The molecule has 0 atom stereocenters. The third kappa shape index (κ3) is 3.64. The summed E-state index contributed by atoms with van der Waals surface area (Å²) < 4.78 is 0. The number of rotatable bonds is 5. The van der Waals surface area contributed by atoms with Gasteiger partial charge in [0, 0.05) is 18.0 Å². The van der Waals surface area contributed by atoms with Crippen LogP contribution in [0.1, 0.15) is 10.4 Å². The molecule has 0 amide bonds. The zero-order valence-corrected chi connectivity index (χ0v) is 9.86. The number of carbonyl (C=O) groups is 1. The van der Waals surface area contributed by atoms with E-state index in [9.17, 15) is 4.79 Å². The lowest BCUT2D eigenvalue weighted by Crippen LogP contribution is -2.04. The Labute approximate surface area is 97.8 Å². The molecule has 0 bridgehead atoms. The van der Waals surface area contributed by atoms with Crippen molar-refractivity contribution < 1.29 is 9.90 Å². The molecule has 1 aromatic rings. The number of anilines is 1. The van der Waals surface area contributed by atoms with E-state index in [1.807, 2.05) is 6.26 Å². The van der Waals surface area contributed by atoms with Gasteiger partial charge in [0.2, 0.25) is 0 Å². The van der Waals surface area contributed by atoms with E-state index in [-0.39, 0.29) is 10.6 Å². The Kier molecular flexibility index (Phi) is 4.78. The first-order chi connectivity index (χ1) is 7.15. The fraction of sp³-hybridized carbons (Fsp3) is 0.300. The third-order valence-corrected chi connectivity index (χ3v) is 2.76. The molecule has 82 valence electrons. The monoisotopic (exact) mass is 245 g/mol. The van der Waals surface area contributed by atoms with Crippen molar-refractivity contribution in [3.05, 3.63) is 28.8 Å². The maximum Gasteiger partial charge on any atom is 0.337 e. The maximum atomic E-state index is 10.7. The average molecular weight is 246 g/mol. The Hall–Kier alpha value is -0.870. The fourth-order valence-electron chi connectivity index (χ4n) is 1.10. The van der Waals surface area contributed by atoms with Crippen LogP contribution in [0.15, 0.2) is 18.2 Å². The normalized spacial score (nSPS) is 10.0. The summed E-state index contributed by atoms with van der Waals surface area (Å²) in [6.07, 6.45) is 2.03. The van der Waals surface area contributed by atoms with Gasteiger partial charge in [0.15, 0.2) is 0 Å². The molecule has 0 unspecified atom stereocenters. The number of benzene rings is 1. The highest BCUT2D eigenvalue weighted by Crippen LogP contribution is 2.20. The average Bonchev–Trinajstić information content (AvgIpc) is 2.17. The molecule has 0 aromatic heterocycles. The zero-order valence-electron chi connectivity index (χ0n) is 8.29. The molecule has 0 heterocycles. The van der Waals surface area contributed by atoms with Crippen LogP contribution in [-0.2, 0) is 0 Å². The maximum absolute atomic E-state index is 10.7. The van der Waals surface area contributed by atoms with E-state index in [0.29, 0.717) is 0 Å². The summed E-state index contributed by atoms with van der Waals surface area (Å²) in [6, 6.07) is 4.85. The van der Waals surface area contributed by atoms with Crippen LogP contribution in [0.2, 0.25) is 5.02 Å². The SMILES string of the molecule is CSCCNc1ccc(C(=O)O)c(Cl)c1. The van der Waals surface area contributed by atoms with Crippen LogP contribution in [0.5, 0.6) is 0 Å². The first-order valence-electron chi connectivity index (χ1n) is 4.41. The molecule has 0 aliphatic carbocycles. The van der Waals surface area contributed by atoms with E-state index in [4.69, 9.17) is 16.7 Å². The summed E-state index contributed by atoms with van der Waals surface area (Å²) in [5.41, 5.74) is 0.978. The molecule has 0 saturated carbocycles. The second-order valence-corrected chi connectivity index (χ2v) is 4.31. The summed E-state index contributed by atoms with van der Waals surface area (Å²) >= 11 is 7.55. The van der Waals surface area contributed by atoms with Crippen LogP contribution in [0.4, 0.5) is 5.69 Å². The van der Waals surface area contributed by atoms with Gasteiger partial charge < -0.3 is 10.4 Å². The fourth-order valence-corrected chi connectivity index (χ4v) is 1.66. The number of halogens is 1. The van der Waals surface area contributed by atoms with Gasteiger partial charge in [-0.2, -0.15) is 11.8 Å². The lowest BCUT2D eigenvalue weighted by Gasteiger charge is -2.06. The number of hydrogen-bond donors (Lipinski definition) is 2. The van der Waals surface area contributed by atoms with E-state index in [1.54, 1.807) is 23.9 Å². The Morgan fingerprint density at radius 3 is 2.87 bits per heavy atom. The molecule has 2 N–H and O–H groups in total. The molecular formula is C10H12ClNO2S. The van der Waals surface area contributed by atoms with Crippen molar-refractivity contribution in [3.8, 4) is 0 Å². The minimum atomic E-state index is -1.00. The number of nitrogens with one attached hydrogen (secondary N) is 1. The second kappa shape index (κ2) is 5.88. The smallest absolute Gasteiger partial charge is 0.337 e. The highest BCUT2D eigenvalue weighted by Gasteiger charge is 2.08. The van der Waals surface area contributed by atoms with E-state index in [1.165, 1.54) is 6.07 Å². The molecule has 0 aliphatic heterocycles. The lowest BCUT2D eigenvalue weighted by atomic mass is 10.2. The zero-order chi connectivity index (χ0) is 11.3. The molecule has 1 aromatic carbocycles. The summed E-state index contributed by atoms with van der Waals surface area (Å²) in [4.78, 5) is 10.7. The number of aromatic carboxylic acids is 1. The largest absolute Gasteiger partial charge is 0.478 e. The van der Waals surface area contributed by atoms with Crippen LogP contribution in [0.25, 0.3) is 0 Å². The van der Waals surface area contributed by atoms with Crippen molar-refractivity contribution in [1.82, 2.24) is 0 Å². The van der Waals surface area contributed by atoms with Crippen molar-refractivity contribution in [3.63, 3.8) is 0 Å².